The van der Waals surface area contributed by atoms with Crippen molar-refractivity contribution in [3.8, 4) is 28.4 Å². The first-order chi connectivity index (χ1) is 20.2. The van der Waals surface area contributed by atoms with Crippen molar-refractivity contribution in [2.24, 2.45) is 0 Å². The van der Waals surface area contributed by atoms with Crippen LogP contribution in [0.4, 0.5) is 10.1 Å². The Morgan fingerprint density at radius 2 is 1.98 bits per heavy atom. The first kappa shape index (κ1) is 26.5. The van der Waals surface area contributed by atoms with Gasteiger partial charge in [0.05, 0.1) is 40.5 Å². The number of aliphatic hydroxyl groups excluding tert-OH is 1. The number of aliphatic hydroxyl groups is 1. The van der Waals surface area contributed by atoms with E-state index in [0.29, 0.717) is 61.6 Å². The van der Waals surface area contributed by atoms with Gasteiger partial charge in [0, 0.05) is 35.4 Å². The number of amides is 1. The Morgan fingerprint density at radius 3 is 2.69 bits per heavy atom. The summed E-state index contributed by atoms with van der Waals surface area (Å²) in [5.74, 6) is 0.231. The van der Waals surface area contributed by atoms with E-state index in [1.165, 1.54) is 13.0 Å². The van der Waals surface area contributed by atoms with E-state index in [9.17, 15) is 22.7 Å². The molecule has 3 N–H and O–H groups in total. The van der Waals surface area contributed by atoms with Gasteiger partial charge < -0.3 is 24.1 Å². The van der Waals surface area contributed by atoms with E-state index < -0.39 is 22.1 Å². The number of sulfonamides is 1. The molecule has 1 fully saturated rings. The second-order valence-corrected chi connectivity index (χ2v) is 12.5. The Labute approximate surface area is 240 Å². The Balaban J connectivity index is 1.47. The molecule has 1 aliphatic heterocycles. The lowest BCUT2D eigenvalue weighted by molar-refractivity contribution is 0.0609. The third-order valence-electron chi connectivity index (χ3n) is 7.82. The highest BCUT2D eigenvalue weighted by molar-refractivity contribution is 7.92. The number of aromatic nitrogens is 2. The van der Waals surface area contributed by atoms with Gasteiger partial charge in [-0.1, -0.05) is 6.07 Å². The van der Waals surface area contributed by atoms with Gasteiger partial charge in [0.25, 0.3) is 5.91 Å². The van der Waals surface area contributed by atoms with E-state index >= 15 is 0 Å². The minimum Gasteiger partial charge on any atom is -0.465 e. The number of ether oxygens (including phenoxy) is 1. The van der Waals surface area contributed by atoms with Gasteiger partial charge in [-0.2, -0.15) is 0 Å². The fraction of sp³-hybridized carbons (Fsp3) is 0.267. The molecule has 0 bridgehead atoms. The summed E-state index contributed by atoms with van der Waals surface area (Å²) in [4.78, 5) is 17.9. The maximum Gasteiger partial charge on any atom is 0.255 e. The molecule has 4 heterocycles. The number of anilines is 1. The summed E-state index contributed by atoms with van der Waals surface area (Å²) >= 11 is 0. The van der Waals surface area contributed by atoms with Gasteiger partial charge in [-0.25, -0.2) is 17.8 Å². The van der Waals surface area contributed by atoms with Crippen LogP contribution < -0.4 is 14.8 Å². The topological polar surface area (TPSA) is 136 Å². The number of carbonyl (C=O) groups is 1. The number of furan rings is 1. The van der Waals surface area contributed by atoms with Gasteiger partial charge in [0.1, 0.15) is 28.6 Å². The molecule has 0 saturated heterocycles. The SMILES string of the molecule is CCS(=O)(=O)Nc1cc2oc(C3CC3)c(C(=O)NC)c2cc1-c1ccc2c(n1)-c1cc3c(F)cccc3n1C(CO)O2. The summed E-state index contributed by atoms with van der Waals surface area (Å²) in [5, 5.41) is 13.7. The average Bonchev–Trinajstić information content (AvgIpc) is 3.66. The monoisotopic (exact) mass is 590 g/mol. The Morgan fingerprint density at radius 1 is 1.17 bits per heavy atom. The van der Waals surface area contributed by atoms with Crippen molar-refractivity contribution >= 4 is 43.5 Å². The number of hydrogen-bond donors (Lipinski definition) is 3. The number of hydrogen-bond acceptors (Lipinski definition) is 7. The van der Waals surface area contributed by atoms with Crippen molar-refractivity contribution in [2.45, 2.75) is 31.9 Å². The summed E-state index contributed by atoms with van der Waals surface area (Å²) in [5.41, 5.74) is 3.35. The lowest BCUT2D eigenvalue weighted by Gasteiger charge is -2.28. The first-order valence-corrected chi connectivity index (χ1v) is 15.3. The molecule has 2 aromatic carbocycles. The van der Waals surface area contributed by atoms with Crippen LogP contribution in [0.3, 0.4) is 0 Å². The zero-order valence-electron chi connectivity index (χ0n) is 22.8. The van der Waals surface area contributed by atoms with E-state index in [-0.39, 0.29) is 29.9 Å². The second-order valence-electron chi connectivity index (χ2n) is 10.5. The van der Waals surface area contributed by atoms with Gasteiger partial charge in [0.15, 0.2) is 6.23 Å². The van der Waals surface area contributed by atoms with Gasteiger partial charge in [0.2, 0.25) is 10.0 Å². The van der Waals surface area contributed by atoms with E-state index in [2.05, 4.69) is 10.0 Å². The highest BCUT2D eigenvalue weighted by atomic mass is 32.2. The Hall–Kier alpha value is -4.42. The summed E-state index contributed by atoms with van der Waals surface area (Å²) in [6, 6.07) is 13.0. The van der Waals surface area contributed by atoms with Gasteiger partial charge >= 0.3 is 0 Å². The minimum absolute atomic E-state index is 0.129. The van der Waals surface area contributed by atoms with E-state index in [1.54, 1.807) is 54.1 Å². The molecule has 2 aliphatic rings. The fourth-order valence-electron chi connectivity index (χ4n) is 5.59. The fourth-order valence-corrected chi connectivity index (χ4v) is 6.24. The van der Waals surface area contributed by atoms with Crippen LogP contribution in [0.25, 0.3) is 44.5 Å². The average molecular weight is 591 g/mol. The molecule has 0 radical (unpaired) electrons. The van der Waals surface area contributed by atoms with E-state index in [4.69, 9.17) is 14.1 Å². The standard InChI is InChI=1S/C30H27FN4O6S/c1-3-42(38,39)34-21-13-25-18(27(30(37)32-2)29(41-25)15-7-8-15)11-17(21)20-9-10-24-28(33-20)23-12-16-19(31)5-4-6-22(16)35(23)26(14-36)40-24/h4-6,9-13,15,26,34,36H,3,7-8,14H2,1-2H3,(H,32,37). The number of fused-ring (bicyclic) bond motifs is 6. The lowest BCUT2D eigenvalue weighted by atomic mass is 10.0. The minimum atomic E-state index is -3.70. The Kier molecular flexibility index (Phi) is 6.03. The van der Waals surface area contributed by atoms with E-state index in [0.717, 1.165) is 12.8 Å². The maximum absolute atomic E-state index is 14.8. The molecular weight excluding hydrogens is 563 g/mol. The number of benzene rings is 2. The summed E-state index contributed by atoms with van der Waals surface area (Å²) in [6.07, 6.45) is 1.02. The summed E-state index contributed by atoms with van der Waals surface area (Å²) < 4.78 is 56.7. The number of halogens is 1. The normalized spacial score (nSPS) is 16.2. The smallest absolute Gasteiger partial charge is 0.255 e. The van der Waals surface area contributed by atoms with Crippen LogP contribution in [0.15, 0.2) is 52.9 Å². The first-order valence-electron chi connectivity index (χ1n) is 13.6. The predicted octanol–water partition coefficient (Wildman–Crippen LogP) is 5.14. The van der Waals surface area contributed by atoms with Crippen LogP contribution in [0.1, 0.15) is 48.0 Å². The number of nitrogens with one attached hydrogen (secondary N) is 2. The third kappa shape index (κ3) is 4.12. The van der Waals surface area contributed by atoms with Crippen LogP contribution in [0.5, 0.6) is 5.75 Å². The molecule has 1 atom stereocenters. The van der Waals surface area contributed by atoms with Crippen LogP contribution >= 0.6 is 0 Å². The number of rotatable bonds is 7. The van der Waals surface area contributed by atoms with Gasteiger partial charge in [-0.05, 0) is 56.2 Å². The number of pyridine rings is 1. The van der Waals surface area contributed by atoms with Crippen LogP contribution in [0, 0.1) is 5.82 Å². The number of nitrogens with zero attached hydrogens (tertiary/aromatic N) is 2. The quantitative estimate of drug-likeness (QED) is 0.239. The largest absolute Gasteiger partial charge is 0.465 e. The van der Waals surface area contributed by atoms with Crippen molar-refractivity contribution in [1.29, 1.82) is 0 Å². The molecule has 3 aromatic heterocycles. The zero-order valence-corrected chi connectivity index (χ0v) is 23.6. The lowest BCUT2D eigenvalue weighted by Crippen LogP contribution is -2.24. The molecule has 12 heteroatoms. The predicted molar refractivity (Wildman–Crippen MR) is 156 cm³/mol. The molecule has 1 amide bonds. The van der Waals surface area contributed by atoms with Crippen molar-refractivity contribution in [1.82, 2.24) is 14.9 Å². The van der Waals surface area contributed by atoms with Crippen LogP contribution in [-0.4, -0.2) is 48.4 Å². The Bertz CT molecular complexity index is 2030. The molecular formula is C30H27FN4O6S. The van der Waals surface area contributed by atoms with E-state index in [1.807, 2.05) is 0 Å². The molecule has 10 nitrogen and oxygen atoms in total. The van der Waals surface area contributed by atoms with Gasteiger partial charge in [-0.3, -0.25) is 9.52 Å². The molecule has 5 aromatic rings. The molecule has 0 spiro atoms. The van der Waals surface area contributed by atoms with Crippen molar-refractivity contribution in [2.75, 3.05) is 24.1 Å². The second kappa shape index (κ2) is 9.57. The van der Waals surface area contributed by atoms with Crippen LogP contribution in [0.2, 0.25) is 0 Å². The summed E-state index contributed by atoms with van der Waals surface area (Å²) in [7, 11) is -2.15. The van der Waals surface area contributed by atoms with Crippen molar-refractivity contribution < 1.29 is 31.9 Å². The summed E-state index contributed by atoms with van der Waals surface area (Å²) in [6.45, 7) is 1.19. The van der Waals surface area contributed by atoms with Crippen LogP contribution in [-0.2, 0) is 10.0 Å². The van der Waals surface area contributed by atoms with Crippen molar-refractivity contribution in [3.63, 3.8) is 0 Å². The molecule has 7 rings (SSSR count). The molecule has 42 heavy (non-hydrogen) atoms. The highest BCUT2D eigenvalue weighted by Gasteiger charge is 2.35. The highest BCUT2D eigenvalue weighted by Crippen LogP contribution is 2.47. The number of carbonyl (C=O) groups excluding carboxylic acids is 1. The maximum atomic E-state index is 14.8. The molecule has 216 valence electrons. The van der Waals surface area contributed by atoms with Gasteiger partial charge in [-0.15, -0.1) is 0 Å². The molecule has 1 saturated carbocycles. The molecule has 1 aliphatic carbocycles. The van der Waals surface area contributed by atoms with Crippen molar-refractivity contribution in [3.05, 3.63) is 65.7 Å². The molecule has 1 unspecified atom stereocenters. The zero-order chi connectivity index (χ0) is 29.3. The third-order valence-corrected chi connectivity index (χ3v) is 9.11.